The number of aliphatic carboxylic acids is 2. The maximum atomic E-state index is 11.6. The summed E-state index contributed by atoms with van der Waals surface area (Å²) in [5, 5.41) is 16.3. The van der Waals surface area contributed by atoms with Crippen molar-refractivity contribution < 1.29 is 77.0 Å². The minimum absolute atomic E-state index is 0.0733. The van der Waals surface area contributed by atoms with Crippen molar-refractivity contribution in [2.45, 2.75) is 38.9 Å². The lowest BCUT2D eigenvalue weighted by Crippen LogP contribution is -2.19. The fraction of sp³-hybridized carbons (Fsp3) is 0.333. The minimum atomic E-state index is -1.30. The summed E-state index contributed by atoms with van der Waals surface area (Å²) < 4.78 is 27.8. The van der Waals surface area contributed by atoms with E-state index in [9.17, 15) is 38.4 Å². The average molecular weight is 649 g/mol. The van der Waals surface area contributed by atoms with Gasteiger partial charge in [0, 0.05) is 0 Å². The van der Waals surface area contributed by atoms with Crippen LogP contribution in [0.1, 0.15) is 36.8 Å². The molecule has 16 heteroatoms. The predicted octanol–water partition coefficient (Wildman–Crippen LogP) is 1.36. The zero-order chi connectivity index (χ0) is 34.2. The van der Waals surface area contributed by atoms with Gasteiger partial charge in [-0.3, -0.25) is 19.2 Å². The summed E-state index contributed by atoms with van der Waals surface area (Å²) in [4.78, 5) is 87.8. The minimum Gasteiger partial charge on any atom is -0.479 e. The van der Waals surface area contributed by atoms with E-state index >= 15 is 0 Å². The van der Waals surface area contributed by atoms with Crippen LogP contribution < -0.4 is 0 Å². The molecule has 0 saturated carbocycles. The summed E-state index contributed by atoms with van der Waals surface area (Å²) in [5.74, 6) is -7.25. The summed E-state index contributed by atoms with van der Waals surface area (Å²) in [7, 11) is 0. The number of carbonyl (C=O) groups is 8. The van der Waals surface area contributed by atoms with Crippen molar-refractivity contribution >= 4 is 47.8 Å². The number of benzene rings is 2. The van der Waals surface area contributed by atoms with Gasteiger partial charge in [-0.15, -0.1) is 0 Å². The predicted molar refractivity (Wildman–Crippen MR) is 150 cm³/mol. The number of rotatable bonds is 18. The molecule has 2 N–H and O–H groups in total. The molecule has 2 aromatic carbocycles. The summed E-state index contributed by atoms with van der Waals surface area (Å²) in [6.07, 6.45) is -1.29. The Morgan fingerprint density at radius 2 is 0.674 bits per heavy atom. The first-order valence-corrected chi connectivity index (χ1v) is 13.4. The van der Waals surface area contributed by atoms with E-state index in [0.717, 1.165) is 11.1 Å². The highest BCUT2D eigenvalue weighted by Gasteiger charge is 2.14. The normalized spacial score (nSPS) is 9.74. The molecule has 0 aliphatic carbocycles. The molecule has 0 aromatic heterocycles. The average Bonchev–Trinajstić information content (AvgIpc) is 3.05. The number of carboxylic acid groups (broad SMARTS) is 2. The molecule has 0 fully saturated rings. The molecule has 0 heterocycles. The Morgan fingerprint density at radius 3 is 0.957 bits per heavy atom. The van der Waals surface area contributed by atoms with Crippen LogP contribution in [-0.2, 0) is 80.0 Å². The highest BCUT2D eigenvalue weighted by molar-refractivity contribution is 5.82. The lowest BCUT2D eigenvalue weighted by Gasteiger charge is -2.07. The van der Waals surface area contributed by atoms with Crippen LogP contribution >= 0.6 is 0 Å². The quantitative estimate of drug-likeness (QED) is 0.172. The second-order valence-electron chi connectivity index (χ2n) is 8.72. The fourth-order valence-electron chi connectivity index (χ4n) is 2.82. The smallest absolute Gasteiger partial charge is 0.344 e. The number of carboxylic acids is 2. The molecule has 0 aliphatic heterocycles. The molecule has 0 atom stereocenters. The molecule has 2 rings (SSSR count). The third-order valence-corrected chi connectivity index (χ3v) is 4.97. The van der Waals surface area contributed by atoms with Crippen LogP contribution in [0.2, 0.25) is 0 Å². The zero-order valence-electron chi connectivity index (χ0n) is 24.5. The largest absolute Gasteiger partial charge is 0.479 e. The zero-order valence-corrected chi connectivity index (χ0v) is 24.5. The van der Waals surface area contributed by atoms with Gasteiger partial charge < -0.3 is 38.6 Å². The molecule has 0 saturated heterocycles. The maximum absolute atomic E-state index is 11.6. The SMILES string of the molecule is O=C(CCC(=O)OCC(=O)OCc1ccccc1)OCC(=O)OCc1ccccc1.O=C(O)COC(=O)CCC(=O)OCC(=O)O. The first-order valence-electron chi connectivity index (χ1n) is 13.4. The van der Waals surface area contributed by atoms with Crippen molar-refractivity contribution in [3.8, 4) is 0 Å². The Kier molecular flexibility index (Phi) is 18.9. The van der Waals surface area contributed by atoms with Crippen molar-refractivity contribution in [2.75, 3.05) is 26.4 Å². The first-order chi connectivity index (χ1) is 21.9. The number of hydrogen-bond acceptors (Lipinski definition) is 14. The van der Waals surface area contributed by atoms with Gasteiger partial charge in [-0.05, 0) is 11.1 Å². The standard InChI is InChI=1S/C22H22O8.C8H10O8/c23-19(29-15-21(25)27-13-17-7-3-1-4-8-17)11-12-20(24)30-16-22(26)28-14-18-9-5-2-6-10-18;9-5(10)3-15-7(13)1-2-8(14)16-4-6(11)12/h1-10H,11-16H2;1-4H2,(H,9,10)(H,11,12). The molecule has 0 aliphatic rings. The highest BCUT2D eigenvalue weighted by Crippen LogP contribution is 2.03. The van der Waals surface area contributed by atoms with E-state index in [2.05, 4.69) is 9.47 Å². The van der Waals surface area contributed by atoms with Gasteiger partial charge in [-0.25, -0.2) is 19.2 Å². The summed E-state index contributed by atoms with van der Waals surface area (Å²) in [6, 6.07) is 18.1. The lowest BCUT2D eigenvalue weighted by atomic mass is 10.2. The Bertz CT molecular complexity index is 1210. The monoisotopic (exact) mass is 648 g/mol. The Labute approximate surface area is 262 Å². The van der Waals surface area contributed by atoms with Gasteiger partial charge >= 0.3 is 47.8 Å². The molecule has 0 bridgehead atoms. The van der Waals surface area contributed by atoms with E-state index in [-0.39, 0.29) is 38.9 Å². The van der Waals surface area contributed by atoms with Crippen LogP contribution in [0, 0.1) is 0 Å². The first kappa shape index (κ1) is 38.2. The molecular formula is C30H32O16. The van der Waals surface area contributed by atoms with E-state index in [4.69, 9.17) is 29.2 Å². The third kappa shape index (κ3) is 21.0. The van der Waals surface area contributed by atoms with E-state index in [1.54, 1.807) is 24.3 Å². The molecule has 0 unspecified atom stereocenters. The maximum Gasteiger partial charge on any atom is 0.344 e. The van der Waals surface area contributed by atoms with E-state index in [1.807, 2.05) is 36.4 Å². The third-order valence-electron chi connectivity index (χ3n) is 4.97. The van der Waals surface area contributed by atoms with Gasteiger partial charge in [-0.1, -0.05) is 60.7 Å². The number of hydrogen-bond donors (Lipinski definition) is 2. The molecule has 16 nitrogen and oxygen atoms in total. The van der Waals surface area contributed by atoms with Crippen LogP contribution in [0.4, 0.5) is 0 Å². The van der Waals surface area contributed by atoms with Crippen molar-refractivity contribution in [3.63, 3.8) is 0 Å². The molecule has 0 spiro atoms. The van der Waals surface area contributed by atoms with Crippen LogP contribution in [0.5, 0.6) is 0 Å². The van der Waals surface area contributed by atoms with E-state index in [1.165, 1.54) is 0 Å². The van der Waals surface area contributed by atoms with Gasteiger partial charge in [0.05, 0.1) is 25.7 Å². The Morgan fingerprint density at radius 1 is 0.391 bits per heavy atom. The lowest BCUT2D eigenvalue weighted by molar-refractivity contribution is -0.162. The summed E-state index contributed by atoms with van der Waals surface area (Å²) in [5.41, 5.74) is 1.62. The van der Waals surface area contributed by atoms with Gasteiger partial charge in [0.2, 0.25) is 0 Å². The van der Waals surface area contributed by atoms with Crippen molar-refractivity contribution in [2.24, 2.45) is 0 Å². The van der Waals surface area contributed by atoms with Gasteiger partial charge in [0.1, 0.15) is 13.2 Å². The Hall–Kier alpha value is -5.80. The number of esters is 6. The van der Waals surface area contributed by atoms with Crippen molar-refractivity contribution in [1.82, 2.24) is 0 Å². The van der Waals surface area contributed by atoms with Crippen LogP contribution in [0.25, 0.3) is 0 Å². The number of ether oxygens (including phenoxy) is 6. The topological polar surface area (TPSA) is 232 Å². The fourth-order valence-corrected chi connectivity index (χ4v) is 2.82. The molecular weight excluding hydrogens is 616 g/mol. The van der Waals surface area contributed by atoms with Crippen molar-refractivity contribution in [3.05, 3.63) is 71.8 Å². The molecule has 248 valence electrons. The molecule has 0 amide bonds. The second kappa shape index (κ2) is 22.7. The van der Waals surface area contributed by atoms with E-state index in [0.29, 0.717) is 0 Å². The number of carbonyl (C=O) groups excluding carboxylic acids is 6. The second-order valence-corrected chi connectivity index (χ2v) is 8.72. The Balaban J connectivity index is 0.000000561. The van der Waals surface area contributed by atoms with Crippen LogP contribution in [0.3, 0.4) is 0 Å². The van der Waals surface area contributed by atoms with Crippen LogP contribution in [0.15, 0.2) is 60.7 Å². The highest BCUT2D eigenvalue weighted by atomic mass is 16.6. The van der Waals surface area contributed by atoms with Crippen LogP contribution in [-0.4, -0.2) is 84.4 Å². The molecule has 0 radical (unpaired) electrons. The summed E-state index contributed by atoms with van der Waals surface area (Å²) >= 11 is 0. The van der Waals surface area contributed by atoms with E-state index < -0.39 is 74.2 Å². The van der Waals surface area contributed by atoms with Gasteiger partial charge in [0.25, 0.3) is 0 Å². The van der Waals surface area contributed by atoms with Crippen molar-refractivity contribution in [1.29, 1.82) is 0 Å². The summed E-state index contributed by atoms with van der Waals surface area (Å²) in [6.45, 7) is -2.50. The van der Waals surface area contributed by atoms with Gasteiger partial charge in [0.15, 0.2) is 26.4 Å². The molecule has 46 heavy (non-hydrogen) atoms. The van der Waals surface area contributed by atoms with Gasteiger partial charge in [-0.2, -0.15) is 0 Å². The molecule has 2 aromatic rings.